The van der Waals surface area contributed by atoms with E-state index in [1.54, 1.807) is 25.3 Å². The quantitative estimate of drug-likeness (QED) is 0.831. The summed E-state index contributed by atoms with van der Waals surface area (Å²) in [5.41, 5.74) is 1.73. The van der Waals surface area contributed by atoms with Crippen LogP contribution in [0.5, 0.6) is 5.75 Å². The van der Waals surface area contributed by atoms with Crippen LogP contribution in [0.1, 0.15) is 17.2 Å². The van der Waals surface area contributed by atoms with Crippen LogP contribution in [0.25, 0.3) is 0 Å². The second-order valence-corrected chi connectivity index (χ2v) is 7.65. The fourth-order valence-corrected chi connectivity index (χ4v) is 4.68. The average Bonchev–Trinajstić information content (AvgIpc) is 3.20. The van der Waals surface area contributed by atoms with Crippen LogP contribution in [-0.2, 0) is 11.2 Å². The molecule has 3 atom stereocenters. The Hall–Kier alpha value is -2.40. The van der Waals surface area contributed by atoms with Gasteiger partial charge in [-0.3, -0.25) is 9.69 Å². The van der Waals surface area contributed by atoms with E-state index in [2.05, 4.69) is 24.1 Å². The summed E-state index contributed by atoms with van der Waals surface area (Å²) in [5.74, 6) is 1.44. The van der Waals surface area contributed by atoms with E-state index in [9.17, 15) is 9.18 Å². The first-order chi connectivity index (χ1) is 13.1. The van der Waals surface area contributed by atoms with E-state index in [0.29, 0.717) is 23.4 Å². The third kappa shape index (κ3) is 3.44. The highest BCUT2D eigenvalue weighted by atomic mass is 19.1. The zero-order valence-electron chi connectivity index (χ0n) is 15.8. The lowest BCUT2D eigenvalue weighted by Crippen LogP contribution is -2.34. The van der Waals surface area contributed by atoms with Gasteiger partial charge >= 0.3 is 0 Å². The van der Waals surface area contributed by atoms with Crippen LogP contribution in [0, 0.1) is 17.7 Å². The number of rotatable bonds is 4. The number of benzene rings is 2. The SMILES string of the molecule is COc1ccc([C@H]2[C@@H]3CN(C(=O)Cc4ccccc4F)C[C@@H]3CN2C)cc1. The Bertz CT molecular complexity index is 823. The van der Waals surface area contributed by atoms with Gasteiger partial charge in [0.2, 0.25) is 5.91 Å². The van der Waals surface area contributed by atoms with E-state index in [4.69, 9.17) is 4.74 Å². The molecule has 0 unspecified atom stereocenters. The molecule has 2 heterocycles. The minimum atomic E-state index is -0.305. The van der Waals surface area contributed by atoms with Crippen molar-refractivity contribution in [1.29, 1.82) is 0 Å². The van der Waals surface area contributed by atoms with E-state index in [-0.39, 0.29) is 18.1 Å². The maximum Gasteiger partial charge on any atom is 0.227 e. The molecule has 0 spiro atoms. The largest absolute Gasteiger partial charge is 0.497 e. The number of ether oxygens (including phenoxy) is 1. The van der Waals surface area contributed by atoms with Crippen LogP contribution in [0.2, 0.25) is 0 Å². The smallest absolute Gasteiger partial charge is 0.227 e. The zero-order chi connectivity index (χ0) is 19.0. The first-order valence-electron chi connectivity index (χ1n) is 9.42. The molecular formula is C22H25FN2O2. The number of hydrogen-bond acceptors (Lipinski definition) is 3. The predicted octanol–water partition coefficient (Wildman–Crippen LogP) is 3.14. The monoisotopic (exact) mass is 368 g/mol. The van der Waals surface area contributed by atoms with Crippen LogP contribution >= 0.6 is 0 Å². The summed E-state index contributed by atoms with van der Waals surface area (Å²) >= 11 is 0. The Morgan fingerprint density at radius 3 is 2.56 bits per heavy atom. The Morgan fingerprint density at radius 2 is 1.85 bits per heavy atom. The highest BCUT2D eigenvalue weighted by Crippen LogP contribution is 2.44. The van der Waals surface area contributed by atoms with Crippen molar-refractivity contribution in [1.82, 2.24) is 9.80 Å². The van der Waals surface area contributed by atoms with Crippen molar-refractivity contribution in [3.8, 4) is 5.75 Å². The number of methoxy groups -OCH3 is 1. The second-order valence-electron chi connectivity index (χ2n) is 7.65. The molecule has 2 aliphatic heterocycles. The Kier molecular flexibility index (Phi) is 4.87. The maximum absolute atomic E-state index is 13.9. The maximum atomic E-state index is 13.9. The van der Waals surface area contributed by atoms with E-state index in [1.165, 1.54) is 11.6 Å². The molecule has 0 bridgehead atoms. The molecule has 0 aliphatic carbocycles. The van der Waals surface area contributed by atoms with Crippen molar-refractivity contribution in [3.05, 3.63) is 65.5 Å². The molecule has 5 heteroatoms. The van der Waals surface area contributed by atoms with Gasteiger partial charge in [-0.25, -0.2) is 4.39 Å². The van der Waals surface area contributed by atoms with E-state index in [0.717, 1.165) is 25.4 Å². The Labute approximate surface area is 159 Å². The van der Waals surface area contributed by atoms with Crippen LogP contribution in [0.15, 0.2) is 48.5 Å². The number of hydrogen-bond donors (Lipinski definition) is 0. The summed E-state index contributed by atoms with van der Waals surface area (Å²) in [6.07, 6.45) is 0.134. The van der Waals surface area contributed by atoms with Gasteiger partial charge in [0, 0.05) is 31.6 Å². The lowest BCUT2D eigenvalue weighted by Gasteiger charge is -2.27. The standard InChI is InChI=1S/C22H25FN2O2/c1-24-12-17-13-25(21(26)11-16-5-3-4-6-20(16)23)14-19(17)22(24)15-7-9-18(27-2)10-8-15/h3-10,17,19,22H,11-14H2,1-2H3/t17-,19+,22-/m0/s1. The fraction of sp³-hybridized carbons (Fsp3) is 0.409. The van der Waals surface area contributed by atoms with Gasteiger partial charge < -0.3 is 9.64 Å². The molecule has 0 aromatic heterocycles. The van der Waals surface area contributed by atoms with Gasteiger partial charge in [0.25, 0.3) is 0 Å². The number of carbonyl (C=O) groups is 1. The topological polar surface area (TPSA) is 32.8 Å². The minimum Gasteiger partial charge on any atom is -0.497 e. The molecule has 4 rings (SSSR count). The second kappa shape index (κ2) is 7.31. The zero-order valence-corrected chi connectivity index (χ0v) is 15.8. The first-order valence-corrected chi connectivity index (χ1v) is 9.42. The van der Waals surface area contributed by atoms with E-state index < -0.39 is 0 Å². The number of halogens is 1. The van der Waals surface area contributed by atoms with Crippen molar-refractivity contribution in [2.45, 2.75) is 12.5 Å². The molecule has 4 nitrogen and oxygen atoms in total. The van der Waals surface area contributed by atoms with Gasteiger partial charge in [0.15, 0.2) is 0 Å². The van der Waals surface area contributed by atoms with Gasteiger partial charge in [-0.2, -0.15) is 0 Å². The molecule has 0 saturated carbocycles. The van der Waals surface area contributed by atoms with Crippen LogP contribution in [-0.4, -0.2) is 49.5 Å². The van der Waals surface area contributed by atoms with Crippen LogP contribution in [0.3, 0.4) is 0 Å². The predicted molar refractivity (Wildman–Crippen MR) is 102 cm³/mol. The van der Waals surface area contributed by atoms with Crippen LogP contribution < -0.4 is 4.74 Å². The molecule has 2 aliphatic rings. The number of fused-ring (bicyclic) bond motifs is 1. The molecule has 2 fully saturated rings. The number of amides is 1. The summed E-state index contributed by atoms with van der Waals surface area (Å²) in [6.45, 7) is 2.47. The Morgan fingerprint density at radius 1 is 1.11 bits per heavy atom. The van der Waals surface area contributed by atoms with Gasteiger partial charge in [-0.1, -0.05) is 30.3 Å². The molecule has 0 N–H and O–H groups in total. The first kappa shape index (κ1) is 18.0. The molecule has 1 amide bonds. The molecule has 2 saturated heterocycles. The number of carbonyl (C=O) groups excluding carboxylic acids is 1. The van der Waals surface area contributed by atoms with Crippen LogP contribution in [0.4, 0.5) is 4.39 Å². The van der Waals surface area contributed by atoms with Gasteiger partial charge in [-0.15, -0.1) is 0 Å². The van der Waals surface area contributed by atoms with Gasteiger partial charge in [0.1, 0.15) is 11.6 Å². The van der Waals surface area contributed by atoms with Crippen molar-refractivity contribution < 1.29 is 13.9 Å². The molecule has 2 aromatic rings. The molecule has 2 aromatic carbocycles. The van der Waals surface area contributed by atoms with Crippen molar-refractivity contribution in [2.24, 2.45) is 11.8 Å². The summed E-state index contributed by atoms with van der Waals surface area (Å²) in [6, 6.07) is 15.1. The van der Waals surface area contributed by atoms with E-state index >= 15 is 0 Å². The normalized spacial score (nSPS) is 24.9. The molecular weight excluding hydrogens is 343 g/mol. The molecule has 0 radical (unpaired) electrons. The number of nitrogens with zero attached hydrogens (tertiary/aromatic N) is 2. The lowest BCUT2D eigenvalue weighted by molar-refractivity contribution is -0.129. The lowest BCUT2D eigenvalue weighted by atomic mass is 9.89. The summed E-state index contributed by atoms with van der Waals surface area (Å²) in [7, 11) is 3.82. The van der Waals surface area contributed by atoms with Gasteiger partial charge in [-0.05, 0) is 42.3 Å². The third-order valence-electron chi connectivity index (χ3n) is 6.00. The summed E-state index contributed by atoms with van der Waals surface area (Å²) < 4.78 is 19.1. The third-order valence-corrected chi connectivity index (χ3v) is 6.00. The highest BCUT2D eigenvalue weighted by Gasteiger charge is 2.47. The molecule has 27 heavy (non-hydrogen) atoms. The van der Waals surface area contributed by atoms with Crippen molar-refractivity contribution in [2.75, 3.05) is 33.8 Å². The Balaban J connectivity index is 1.47. The highest BCUT2D eigenvalue weighted by molar-refractivity contribution is 5.79. The number of likely N-dealkylation sites (tertiary alicyclic amines) is 2. The summed E-state index contributed by atoms with van der Waals surface area (Å²) in [4.78, 5) is 17.0. The van der Waals surface area contributed by atoms with Crippen molar-refractivity contribution >= 4 is 5.91 Å². The van der Waals surface area contributed by atoms with E-state index in [1.807, 2.05) is 17.0 Å². The average molecular weight is 368 g/mol. The van der Waals surface area contributed by atoms with Gasteiger partial charge in [0.05, 0.1) is 13.5 Å². The fourth-order valence-electron chi connectivity index (χ4n) is 4.68. The molecule has 142 valence electrons. The van der Waals surface area contributed by atoms with Crippen molar-refractivity contribution in [3.63, 3.8) is 0 Å². The minimum absolute atomic E-state index is 0.0191. The summed E-state index contributed by atoms with van der Waals surface area (Å²) in [5, 5.41) is 0.